The molecule has 84 valence electrons. The van der Waals surface area contributed by atoms with E-state index in [1.54, 1.807) is 12.3 Å². The molecule has 7 heteroatoms. The van der Waals surface area contributed by atoms with Crippen molar-refractivity contribution in [3.8, 4) is 5.82 Å². The van der Waals surface area contributed by atoms with E-state index in [-0.39, 0.29) is 10.8 Å². The molecule has 0 aromatic carbocycles. The van der Waals surface area contributed by atoms with Gasteiger partial charge in [0.25, 0.3) is 0 Å². The summed E-state index contributed by atoms with van der Waals surface area (Å²) >= 11 is 5.70. The second-order valence-electron chi connectivity index (χ2n) is 2.98. The van der Waals surface area contributed by atoms with Crippen LogP contribution >= 0.6 is 11.6 Å². The van der Waals surface area contributed by atoms with E-state index in [4.69, 9.17) is 11.6 Å². The van der Waals surface area contributed by atoms with Gasteiger partial charge in [0, 0.05) is 18.6 Å². The molecular weight excluding hydrogens is 243 g/mol. The van der Waals surface area contributed by atoms with Crippen molar-refractivity contribution in [3.63, 3.8) is 0 Å². The fraction of sp³-hybridized carbons (Fsp3) is 0.111. The Kier molecular flexibility index (Phi) is 2.59. The molecule has 0 bridgehead atoms. The Morgan fingerprint density at radius 2 is 2.06 bits per heavy atom. The largest absolute Gasteiger partial charge is 0.417 e. The van der Waals surface area contributed by atoms with Crippen LogP contribution in [0.3, 0.4) is 0 Å². The smallest absolute Gasteiger partial charge is 0.235 e. The Hall–Kier alpha value is -1.56. The minimum atomic E-state index is -4.45. The number of rotatable bonds is 1. The molecule has 0 aliphatic heterocycles. The molecule has 0 spiro atoms. The third-order valence-electron chi connectivity index (χ3n) is 1.87. The lowest BCUT2D eigenvalue weighted by atomic mass is 10.3. The lowest BCUT2D eigenvalue weighted by molar-refractivity contribution is -0.137. The van der Waals surface area contributed by atoms with E-state index in [0.29, 0.717) is 0 Å². The first-order valence-electron chi connectivity index (χ1n) is 4.21. The second-order valence-corrected chi connectivity index (χ2v) is 3.39. The van der Waals surface area contributed by atoms with Gasteiger partial charge in [-0.25, -0.2) is 9.67 Å². The third kappa shape index (κ3) is 2.01. The lowest BCUT2D eigenvalue weighted by Gasteiger charge is -2.08. The number of halogens is 4. The van der Waals surface area contributed by atoms with Gasteiger partial charge >= 0.3 is 6.18 Å². The van der Waals surface area contributed by atoms with E-state index in [0.717, 1.165) is 12.3 Å². The summed E-state index contributed by atoms with van der Waals surface area (Å²) in [7, 11) is 0. The van der Waals surface area contributed by atoms with Crippen LogP contribution in [0.4, 0.5) is 13.2 Å². The molecule has 16 heavy (non-hydrogen) atoms. The maximum atomic E-state index is 12.3. The number of nitrogens with zero attached hydrogens (tertiary/aromatic N) is 3. The SMILES string of the molecule is FC(F)(F)c1cnc(-n2cccn2)c(Cl)c1. The number of alkyl halides is 3. The minimum Gasteiger partial charge on any atom is -0.235 e. The number of hydrogen-bond donors (Lipinski definition) is 0. The first-order valence-corrected chi connectivity index (χ1v) is 4.59. The van der Waals surface area contributed by atoms with Crippen LogP contribution < -0.4 is 0 Å². The molecule has 0 aliphatic carbocycles. The van der Waals surface area contributed by atoms with Crippen molar-refractivity contribution in [1.82, 2.24) is 14.8 Å². The monoisotopic (exact) mass is 247 g/mol. The van der Waals surface area contributed by atoms with Gasteiger partial charge in [-0.05, 0) is 12.1 Å². The highest BCUT2D eigenvalue weighted by atomic mass is 35.5. The van der Waals surface area contributed by atoms with Crippen molar-refractivity contribution in [3.05, 3.63) is 41.3 Å². The van der Waals surface area contributed by atoms with Crippen LogP contribution in [0.15, 0.2) is 30.7 Å². The zero-order chi connectivity index (χ0) is 11.8. The van der Waals surface area contributed by atoms with Gasteiger partial charge in [-0.3, -0.25) is 0 Å². The summed E-state index contributed by atoms with van der Waals surface area (Å²) in [4.78, 5) is 3.64. The Morgan fingerprint density at radius 3 is 2.56 bits per heavy atom. The van der Waals surface area contributed by atoms with Crippen molar-refractivity contribution in [1.29, 1.82) is 0 Å². The first kappa shape index (κ1) is 10.9. The van der Waals surface area contributed by atoms with E-state index >= 15 is 0 Å². The molecule has 0 saturated heterocycles. The highest BCUT2D eigenvalue weighted by molar-refractivity contribution is 6.32. The zero-order valence-corrected chi connectivity index (χ0v) is 8.50. The minimum absolute atomic E-state index is 0.0986. The molecule has 2 aromatic heterocycles. The standard InChI is InChI=1S/C9H5ClF3N3/c10-7-4-6(9(11,12)13)5-14-8(7)16-3-1-2-15-16/h1-5H. The molecule has 0 N–H and O–H groups in total. The van der Waals surface area contributed by atoms with Gasteiger partial charge in [-0.1, -0.05) is 11.6 Å². The highest BCUT2D eigenvalue weighted by Gasteiger charge is 2.31. The van der Waals surface area contributed by atoms with E-state index in [2.05, 4.69) is 10.1 Å². The zero-order valence-electron chi connectivity index (χ0n) is 7.74. The highest BCUT2D eigenvalue weighted by Crippen LogP contribution is 2.31. The predicted molar refractivity (Wildman–Crippen MR) is 51.4 cm³/mol. The van der Waals surface area contributed by atoms with Gasteiger partial charge in [0.1, 0.15) is 0 Å². The van der Waals surface area contributed by atoms with E-state index in [9.17, 15) is 13.2 Å². The summed E-state index contributed by atoms with van der Waals surface area (Å²) < 4.78 is 38.3. The molecule has 0 amide bonds. The molecular formula is C9H5ClF3N3. The molecule has 2 heterocycles. The van der Waals surface area contributed by atoms with Crippen molar-refractivity contribution in [2.45, 2.75) is 6.18 Å². The summed E-state index contributed by atoms with van der Waals surface area (Å²) in [6.07, 6.45) is -0.695. The van der Waals surface area contributed by atoms with Crippen molar-refractivity contribution in [2.24, 2.45) is 0 Å². The van der Waals surface area contributed by atoms with Crippen molar-refractivity contribution < 1.29 is 13.2 Å². The first-order chi connectivity index (χ1) is 7.48. The summed E-state index contributed by atoms with van der Waals surface area (Å²) in [5, 5.41) is 3.73. The van der Waals surface area contributed by atoms with Crippen LogP contribution in [0.2, 0.25) is 5.02 Å². The molecule has 0 atom stereocenters. The molecule has 0 saturated carbocycles. The fourth-order valence-corrected chi connectivity index (χ4v) is 1.40. The predicted octanol–water partition coefficient (Wildman–Crippen LogP) is 2.94. The van der Waals surface area contributed by atoms with Crippen molar-refractivity contribution >= 4 is 11.6 Å². The van der Waals surface area contributed by atoms with Crippen LogP contribution in [-0.2, 0) is 6.18 Å². The number of hydrogen-bond acceptors (Lipinski definition) is 2. The molecule has 0 aliphatic rings. The van der Waals surface area contributed by atoms with E-state index < -0.39 is 11.7 Å². The van der Waals surface area contributed by atoms with Crippen LogP contribution in [0.1, 0.15) is 5.56 Å². The fourth-order valence-electron chi connectivity index (χ4n) is 1.15. The van der Waals surface area contributed by atoms with Crippen LogP contribution in [0, 0.1) is 0 Å². The maximum absolute atomic E-state index is 12.3. The topological polar surface area (TPSA) is 30.7 Å². The van der Waals surface area contributed by atoms with Crippen LogP contribution in [-0.4, -0.2) is 14.8 Å². The summed E-state index contributed by atoms with van der Waals surface area (Å²) in [6, 6.07) is 2.45. The van der Waals surface area contributed by atoms with Gasteiger partial charge in [0.05, 0.1) is 10.6 Å². The van der Waals surface area contributed by atoms with E-state index in [1.807, 2.05) is 0 Å². The van der Waals surface area contributed by atoms with Gasteiger partial charge in [-0.2, -0.15) is 18.3 Å². The number of pyridine rings is 1. The van der Waals surface area contributed by atoms with Gasteiger partial charge in [0.15, 0.2) is 5.82 Å². The average Bonchev–Trinajstić information content (AvgIpc) is 2.69. The molecule has 0 unspecified atom stereocenters. The number of aromatic nitrogens is 3. The second kappa shape index (κ2) is 3.79. The third-order valence-corrected chi connectivity index (χ3v) is 2.15. The quantitative estimate of drug-likeness (QED) is 0.776. The summed E-state index contributed by atoms with van der Waals surface area (Å²) in [5.74, 6) is 0.166. The van der Waals surface area contributed by atoms with Crippen LogP contribution in [0.25, 0.3) is 5.82 Å². The summed E-state index contributed by atoms with van der Waals surface area (Å²) in [5.41, 5.74) is -0.881. The van der Waals surface area contributed by atoms with Gasteiger partial charge in [-0.15, -0.1) is 0 Å². The normalized spacial score (nSPS) is 11.8. The molecule has 0 fully saturated rings. The Balaban J connectivity index is 2.46. The Bertz CT molecular complexity index is 493. The molecule has 0 radical (unpaired) electrons. The molecule has 3 nitrogen and oxygen atoms in total. The summed E-state index contributed by atoms with van der Waals surface area (Å²) in [6.45, 7) is 0. The van der Waals surface area contributed by atoms with E-state index in [1.165, 1.54) is 10.9 Å². The molecule has 2 rings (SSSR count). The Labute approximate surface area is 93.5 Å². The maximum Gasteiger partial charge on any atom is 0.417 e. The van der Waals surface area contributed by atoms with Gasteiger partial charge < -0.3 is 0 Å². The van der Waals surface area contributed by atoms with Gasteiger partial charge in [0.2, 0.25) is 0 Å². The van der Waals surface area contributed by atoms with Crippen LogP contribution in [0.5, 0.6) is 0 Å². The molecule has 2 aromatic rings. The van der Waals surface area contributed by atoms with Crippen molar-refractivity contribution in [2.75, 3.05) is 0 Å². The Morgan fingerprint density at radius 1 is 1.31 bits per heavy atom. The average molecular weight is 248 g/mol. The lowest BCUT2D eigenvalue weighted by Crippen LogP contribution is -2.07.